The van der Waals surface area contributed by atoms with Gasteiger partial charge in [-0.05, 0) is 79.1 Å². The number of carbonyl (C=O) groups excluding carboxylic acids is 1. The Bertz CT molecular complexity index is 1730. The van der Waals surface area contributed by atoms with Crippen molar-refractivity contribution in [3.05, 3.63) is 128 Å². The second kappa shape index (κ2) is 8.91. The van der Waals surface area contributed by atoms with Gasteiger partial charge in [0.2, 0.25) is 5.76 Å². The summed E-state index contributed by atoms with van der Waals surface area (Å²) in [6.45, 7) is 3.88. The molecule has 2 aromatic heterocycles. The lowest BCUT2D eigenvalue weighted by molar-refractivity contribution is 0.0970. The van der Waals surface area contributed by atoms with Gasteiger partial charge in [-0.2, -0.15) is 0 Å². The molecule has 7 heteroatoms. The third kappa shape index (κ3) is 3.96. The SMILES string of the molecule is Cc1cc2oc3c(c(=O)c2cc1C)C(c1cccc(Oc2ccccc2)c1)N(c1ccc(Cl)cn1)C3=O. The number of pyridine rings is 1. The van der Waals surface area contributed by atoms with E-state index in [0.717, 1.165) is 11.1 Å². The summed E-state index contributed by atoms with van der Waals surface area (Å²) in [5.74, 6) is 1.18. The molecule has 1 aliphatic heterocycles. The minimum atomic E-state index is -0.766. The lowest BCUT2D eigenvalue weighted by Gasteiger charge is -2.24. The lowest BCUT2D eigenvalue weighted by atomic mass is 9.97. The summed E-state index contributed by atoms with van der Waals surface area (Å²) in [5, 5.41) is 0.871. The van der Waals surface area contributed by atoms with Crippen LogP contribution >= 0.6 is 11.6 Å². The maximum absolute atomic E-state index is 13.9. The van der Waals surface area contributed by atoms with Gasteiger partial charge in [0.15, 0.2) is 5.43 Å². The molecule has 5 aromatic rings. The molecule has 1 aliphatic rings. The first-order valence-electron chi connectivity index (χ1n) is 11.8. The van der Waals surface area contributed by atoms with Crippen LogP contribution in [0.25, 0.3) is 11.0 Å². The van der Waals surface area contributed by atoms with Crippen molar-refractivity contribution in [1.82, 2.24) is 4.98 Å². The molecule has 0 aliphatic carbocycles. The van der Waals surface area contributed by atoms with Crippen molar-refractivity contribution in [1.29, 1.82) is 0 Å². The Hall–Kier alpha value is -4.42. The standard InChI is InChI=1S/C30H21ClN2O4/c1-17-13-23-24(14-18(17)2)37-29-26(28(23)34)27(33(30(29)35)25-12-11-20(31)16-32-25)19-7-6-10-22(15-19)36-21-8-4-3-5-9-21/h3-16,27H,1-2H3. The van der Waals surface area contributed by atoms with Crippen LogP contribution in [-0.4, -0.2) is 10.9 Å². The maximum Gasteiger partial charge on any atom is 0.296 e. The molecular formula is C30H21ClN2O4. The number of halogens is 1. The molecule has 0 saturated heterocycles. The number of hydrogen-bond acceptors (Lipinski definition) is 5. The van der Waals surface area contributed by atoms with Crippen molar-refractivity contribution in [3.8, 4) is 11.5 Å². The number of rotatable bonds is 4. The number of amides is 1. The maximum atomic E-state index is 13.9. The number of anilines is 1. The number of para-hydroxylation sites is 1. The number of nitrogens with zero attached hydrogens (tertiary/aromatic N) is 2. The molecule has 3 aromatic carbocycles. The highest BCUT2D eigenvalue weighted by molar-refractivity contribution is 6.30. The largest absolute Gasteiger partial charge is 0.457 e. The fourth-order valence-electron chi connectivity index (χ4n) is 4.66. The Morgan fingerprint density at radius 1 is 0.892 bits per heavy atom. The van der Waals surface area contributed by atoms with Crippen molar-refractivity contribution < 1.29 is 13.9 Å². The molecule has 0 fully saturated rings. The van der Waals surface area contributed by atoms with Gasteiger partial charge in [-0.3, -0.25) is 14.5 Å². The zero-order chi connectivity index (χ0) is 25.7. The van der Waals surface area contributed by atoms with Gasteiger partial charge in [-0.1, -0.05) is 41.9 Å². The van der Waals surface area contributed by atoms with Crippen LogP contribution in [0.15, 0.2) is 94.3 Å². The van der Waals surface area contributed by atoms with E-state index >= 15 is 0 Å². The van der Waals surface area contributed by atoms with Crippen LogP contribution in [-0.2, 0) is 0 Å². The van der Waals surface area contributed by atoms with E-state index in [1.165, 1.54) is 11.1 Å². The third-order valence-corrected chi connectivity index (χ3v) is 6.82. The van der Waals surface area contributed by atoms with E-state index < -0.39 is 11.9 Å². The van der Waals surface area contributed by atoms with Crippen molar-refractivity contribution in [2.24, 2.45) is 0 Å². The number of benzene rings is 3. The second-order valence-electron chi connectivity index (χ2n) is 9.01. The Morgan fingerprint density at radius 2 is 1.65 bits per heavy atom. The monoisotopic (exact) mass is 508 g/mol. The van der Waals surface area contributed by atoms with Crippen LogP contribution in [0, 0.1) is 13.8 Å². The van der Waals surface area contributed by atoms with Gasteiger partial charge in [-0.25, -0.2) is 4.98 Å². The Morgan fingerprint density at radius 3 is 2.41 bits per heavy atom. The van der Waals surface area contributed by atoms with Gasteiger partial charge in [-0.15, -0.1) is 0 Å². The number of carbonyl (C=O) groups is 1. The molecule has 1 amide bonds. The number of ether oxygens (including phenoxy) is 1. The number of aromatic nitrogens is 1. The van der Waals surface area contributed by atoms with Gasteiger partial charge >= 0.3 is 0 Å². The van der Waals surface area contributed by atoms with Crippen LogP contribution in [0.5, 0.6) is 11.5 Å². The lowest BCUT2D eigenvalue weighted by Crippen LogP contribution is -2.30. The molecule has 3 heterocycles. The highest BCUT2D eigenvalue weighted by Crippen LogP contribution is 2.42. The van der Waals surface area contributed by atoms with Gasteiger partial charge < -0.3 is 9.15 Å². The van der Waals surface area contributed by atoms with Crippen LogP contribution in [0.4, 0.5) is 5.82 Å². The summed E-state index contributed by atoms with van der Waals surface area (Å²) in [6, 6.07) is 22.9. The highest BCUT2D eigenvalue weighted by Gasteiger charge is 2.44. The fraction of sp³-hybridized carbons (Fsp3) is 0.100. The fourth-order valence-corrected chi connectivity index (χ4v) is 4.77. The second-order valence-corrected chi connectivity index (χ2v) is 9.44. The summed E-state index contributed by atoms with van der Waals surface area (Å²) < 4.78 is 12.2. The third-order valence-electron chi connectivity index (χ3n) is 6.60. The average molecular weight is 509 g/mol. The van der Waals surface area contributed by atoms with Gasteiger partial charge in [0.25, 0.3) is 5.91 Å². The van der Waals surface area contributed by atoms with Crippen molar-refractivity contribution in [2.75, 3.05) is 4.90 Å². The predicted octanol–water partition coefficient (Wildman–Crippen LogP) is 7.00. The molecule has 182 valence electrons. The number of fused-ring (bicyclic) bond motifs is 2. The van der Waals surface area contributed by atoms with E-state index in [4.69, 9.17) is 20.8 Å². The molecule has 0 spiro atoms. The molecule has 1 atom stereocenters. The van der Waals surface area contributed by atoms with Gasteiger partial charge in [0, 0.05) is 6.20 Å². The zero-order valence-electron chi connectivity index (χ0n) is 20.1. The molecule has 6 nitrogen and oxygen atoms in total. The Labute approximate surface area is 217 Å². The van der Waals surface area contributed by atoms with E-state index in [0.29, 0.717) is 38.9 Å². The molecule has 6 rings (SSSR count). The summed E-state index contributed by atoms with van der Waals surface area (Å²) in [6.07, 6.45) is 1.47. The average Bonchev–Trinajstić information content (AvgIpc) is 3.19. The number of hydrogen-bond donors (Lipinski definition) is 0. The smallest absolute Gasteiger partial charge is 0.296 e. The quantitative estimate of drug-likeness (QED) is 0.261. The van der Waals surface area contributed by atoms with Gasteiger partial charge in [0.1, 0.15) is 22.9 Å². The van der Waals surface area contributed by atoms with E-state index in [9.17, 15) is 9.59 Å². The van der Waals surface area contributed by atoms with Crippen molar-refractivity contribution >= 4 is 34.3 Å². The first-order valence-corrected chi connectivity index (χ1v) is 12.1. The Balaban J connectivity index is 1.56. The molecule has 0 bridgehead atoms. The Kier molecular flexibility index (Phi) is 5.54. The normalized spacial score (nSPS) is 14.7. The first-order chi connectivity index (χ1) is 17.9. The summed E-state index contributed by atoms with van der Waals surface area (Å²) in [5.41, 5.74) is 3.03. The summed E-state index contributed by atoms with van der Waals surface area (Å²) >= 11 is 6.07. The zero-order valence-corrected chi connectivity index (χ0v) is 20.8. The van der Waals surface area contributed by atoms with Crippen LogP contribution in [0.2, 0.25) is 5.02 Å². The van der Waals surface area contributed by atoms with Crippen molar-refractivity contribution in [2.45, 2.75) is 19.9 Å². The first kappa shape index (κ1) is 23.0. The molecule has 0 N–H and O–H groups in total. The molecule has 0 radical (unpaired) electrons. The van der Waals surface area contributed by atoms with Crippen LogP contribution in [0.3, 0.4) is 0 Å². The van der Waals surface area contributed by atoms with E-state index in [-0.39, 0.29) is 16.8 Å². The molecule has 0 saturated carbocycles. The van der Waals surface area contributed by atoms with Crippen LogP contribution in [0.1, 0.15) is 38.9 Å². The predicted molar refractivity (Wildman–Crippen MR) is 143 cm³/mol. The van der Waals surface area contributed by atoms with Gasteiger partial charge in [0.05, 0.1) is 22.0 Å². The topological polar surface area (TPSA) is 72.6 Å². The minimum absolute atomic E-state index is 0.0110. The number of aryl methyl sites for hydroxylation is 2. The molecule has 1 unspecified atom stereocenters. The summed E-state index contributed by atoms with van der Waals surface area (Å²) in [4.78, 5) is 33.6. The van der Waals surface area contributed by atoms with E-state index in [2.05, 4.69) is 4.98 Å². The highest BCUT2D eigenvalue weighted by atomic mass is 35.5. The van der Waals surface area contributed by atoms with Crippen LogP contribution < -0.4 is 15.1 Å². The van der Waals surface area contributed by atoms with Crippen molar-refractivity contribution in [3.63, 3.8) is 0 Å². The minimum Gasteiger partial charge on any atom is -0.457 e. The molecular weight excluding hydrogens is 488 g/mol. The van der Waals surface area contributed by atoms with E-state index in [1.54, 1.807) is 18.2 Å². The molecule has 37 heavy (non-hydrogen) atoms. The summed E-state index contributed by atoms with van der Waals surface area (Å²) in [7, 11) is 0. The van der Waals surface area contributed by atoms with E-state index in [1.807, 2.05) is 74.5 Å².